The number of unbranched alkanes of at least 4 members (excludes halogenated alkanes) is 9. The van der Waals surface area contributed by atoms with Gasteiger partial charge in [-0.25, -0.2) is 8.78 Å². The highest BCUT2D eigenvalue weighted by Crippen LogP contribution is 2.30. The van der Waals surface area contributed by atoms with Crippen LogP contribution >= 0.6 is 0 Å². The summed E-state index contributed by atoms with van der Waals surface area (Å²) >= 11 is 0. The van der Waals surface area contributed by atoms with Crippen molar-refractivity contribution < 1.29 is 8.78 Å². The van der Waals surface area contributed by atoms with Crippen LogP contribution in [-0.4, -0.2) is 0 Å². The van der Waals surface area contributed by atoms with Crippen LogP contribution < -0.4 is 0 Å². The molecule has 0 spiro atoms. The van der Waals surface area contributed by atoms with Gasteiger partial charge in [0, 0.05) is 5.56 Å². The Morgan fingerprint density at radius 2 is 0.971 bits per heavy atom. The van der Waals surface area contributed by atoms with Crippen LogP contribution in [-0.2, 0) is 12.8 Å². The molecule has 35 heavy (non-hydrogen) atoms. The van der Waals surface area contributed by atoms with Gasteiger partial charge in [-0.2, -0.15) is 0 Å². The van der Waals surface area contributed by atoms with Gasteiger partial charge in [-0.1, -0.05) is 139 Å². The maximum atomic E-state index is 14.9. The lowest BCUT2D eigenvalue weighted by Crippen LogP contribution is -1.98. The van der Waals surface area contributed by atoms with Crippen molar-refractivity contribution in [3.05, 3.63) is 83.4 Å². The van der Waals surface area contributed by atoms with Gasteiger partial charge in [0.05, 0.1) is 0 Å². The zero-order valence-electron chi connectivity index (χ0n) is 21.7. The third-order valence-corrected chi connectivity index (χ3v) is 6.98. The molecule has 0 radical (unpaired) electrons. The Morgan fingerprint density at radius 1 is 0.457 bits per heavy atom. The molecule has 0 atom stereocenters. The first-order chi connectivity index (χ1) is 17.1. The van der Waals surface area contributed by atoms with Crippen molar-refractivity contribution in [1.29, 1.82) is 0 Å². The minimum Gasteiger partial charge on any atom is -0.203 e. The molecule has 0 amide bonds. The number of aryl methyl sites for hydroxylation is 2. The fourth-order valence-electron chi connectivity index (χ4n) is 4.80. The smallest absolute Gasteiger partial charge is 0.166 e. The van der Waals surface area contributed by atoms with Crippen molar-refractivity contribution in [2.75, 3.05) is 0 Å². The highest BCUT2D eigenvalue weighted by Gasteiger charge is 2.14. The van der Waals surface area contributed by atoms with Gasteiger partial charge < -0.3 is 0 Å². The van der Waals surface area contributed by atoms with Gasteiger partial charge in [-0.05, 0) is 47.1 Å². The molecule has 0 aromatic heterocycles. The Kier molecular flexibility index (Phi) is 11.5. The Morgan fingerprint density at radius 3 is 1.54 bits per heavy atom. The molecule has 0 aliphatic heterocycles. The number of benzene rings is 3. The first-order valence-electron chi connectivity index (χ1n) is 13.8. The van der Waals surface area contributed by atoms with E-state index in [0.717, 1.165) is 36.8 Å². The average molecular weight is 477 g/mol. The fourth-order valence-corrected chi connectivity index (χ4v) is 4.80. The van der Waals surface area contributed by atoms with E-state index >= 15 is 0 Å². The van der Waals surface area contributed by atoms with Crippen LogP contribution in [0.25, 0.3) is 22.3 Å². The Hall–Kier alpha value is -2.48. The lowest BCUT2D eigenvalue weighted by Gasteiger charge is -2.10. The molecule has 0 aliphatic carbocycles. The molecule has 0 fully saturated rings. The zero-order chi connectivity index (χ0) is 24.9. The maximum absolute atomic E-state index is 14.9. The maximum Gasteiger partial charge on any atom is 0.166 e. The second-order valence-corrected chi connectivity index (χ2v) is 9.86. The monoisotopic (exact) mass is 476 g/mol. The summed E-state index contributed by atoms with van der Waals surface area (Å²) in [7, 11) is 0. The van der Waals surface area contributed by atoms with E-state index in [4.69, 9.17) is 0 Å². The molecule has 188 valence electrons. The van der Waals surface area contributed by atoms with Crippen molar-refractivity contribution >= 4 is 0 Å². The summed E-state index contributed by atoms with van der Waals surface area (Å²) in [6.45, 7) is 4.42. The van der Waals surface area contributed by atoms with Gasteiger partial charge in [0.25, 0.3) is 0 Å². The summed E-state index contributed by atoms with van der Waals surface area (Å²) in [5.74, 6) is -1.42. The lowest BCUT2D eigenvalue weighted by atomic mass is 9.97. The van der Waals surface area contributed by atoms with Crippen LogP contribution in [0.4, 0.5) is 8.78 Å². The Balaban J connectivity index is 1.51. The summed E-state index contributed by atoms with van der Waals surface area (Å²) in [5.41, 5.74) is 5.08. The SMILES string of the molecule is CCCCCCCCCCCCc1ccc(-c2ccc(-c3ccc(CCC)cc3)cc2)c(F)c1F. The molecule has 3 aromatic carbocycles. The van der Waals surface area contributed by atoms with E-state index in [9.17, 15) is 8.78 Å². The van der Waals surface area contributed by atoms with Crippen LogP contribution in [0, 0.1) is 11.6 Å². The quantitative estimate of drug-likeness (QED) is 0.191. The molecule has 0 unspecified atom stereocenters. The van der Waals surface area contributed by atoms with Gasteiger partial charge >= 0.3 is 0 Å². The summed E-state index contributed by atoms with van der Waals surface area (Å²) in [4.78, 5) is 0. The topological polar surface area (TPSA) is 0 Å². The van der Waals surface area contributed by atoms with Gasteiger partial charge in [-0.15, -0.1) is 0 Å². The third kappa shape index (κ3) is 8.30. The Labute approximate surface area is 211 Å². The number of hydrogen-bond donors (Lipinski definition) is 0. The highest BCUT2D eigenvalue weighted by atomic mass is 19.2. The molecule has 0 heterocycles. The minimum absolute atomic E-state index is 0.333. The van der Waals surface area contributed by atoms with Crippen molar-refractivity contribution in [3.63, 3.8) is 0 Å². The fraction of sp³-hybridized carbons (Fsp3) is 0.455. The summed E-state index contributed by atoms with van der Waals surface area (Å²) < 4.78 is 29.7. The zero-order valence-corrected chi connectivity index (χ0v) is 21.7. The van der Waals surface area contributed by atoms with Crippen LogP contribution in [0.3, 0.4) is 0 Å². The molecule has 0 nitrogen and oxygen atoms in total. The highest BCUT2D eigenvalue weighted by molar-refractivity contribution is 5.71. The van der Waals surface area contributed by atoms with Gasteiger partial charge in [0.1, 0.15) is 0 Å². The summed E-state index contributed by atoms with van der Waals surface area (Å²) in [5, 5.41) is 0. The van der Waals surface area contributed by atoms with Crippen molar-refractivity contribution in [2.24, 2.45) is 0 Å². The van der Waals surface area contributed by atoms with E-state index in [-0.39, 0.29) is 0 Å². The first-order valence-corrected chi connectivity index (χ1v) is 13.8. The molecular weight excluding hydrogens is 434 g/mol. The van der Waals surface area contributed by atoms with Crippen molar-refractivity contribution in [3.8, 4) is 22.3 Å². The van der Waals surface area contributed by atoms with Crippen LogP contribution in [0.5, 0.6) is 0 Å². The first kappa shape index (κ1) is 27.1. The van der Waals surface area contributed by atoms with Crippen molar-refractivity contribution in [2.45, 2.75) is 97.3 Å². The molecule has 0 bridgehead atoms. The molecule has 0 saturated carbocycles. The van der Waals surface area contributed by atoms with E-state index in [2.05, 4.69) is 38.1 Å². The Bertz CT molecular complexity index is 1000. The predicted molar refractivity (Wildman–Crippen MR) is 147 cm³/mol. The standard InChI is InChI=1S/C33H42F2/c1-3-5-6-7-8-9-10-11-12-13-15-30-24-25-31(33(35)32(30)34)29-22-20-28(21-23-29)27-18-16-26(14-4-2)17-19-27/h16-25H,3-15H2,1-2H3. The van der Waals surface area contributed by atoms with Crippen LogP contribution in [0.1, 0.15) is 95.6 Å². The van der Waals surface area contributed by atoms with Gasteiger partial charge in [0.15, 0.2) is 11.6 Å². The van der Waals surface area contributed by atoms with Gasteiger partial charge in [0.2, 0.25) is 0 Å². The van der Waals surface area contributed by atoms with E-state index in [1.165, 1.54) is 56.9 Å². The molecule has 0 saturated heterocycles. The van der Waals surface area contributed by atoms with Crippen LogP contribution in [0.2, 0.25) is 0 Å². The molecule has 2 heteroatoms. The van der Waals surface area contributed by atoms with Crippen LogP contribution in [0.15, 0.2) is 60.7 Å². The summed E-state index contributed by atoms with van der Waals surface area (Å²) in [6.07, 6.45) is 15.2. The molecule has 0 aliphatic rings. The molecule has 3 rings (SSSR count). The normalized spacial score (nSPS) is 11.2. The van der Waals surface area contributed by atoms with Gasteiger partial charge in [-0.3, -0.25) is 0 Å². The van der Waals surface area contributed by atoms with E-state index in [1.54, 1.807) is 12.1 Å². The lowest BCUT2D eigenvalue weighted by molar-refractivity contribution is 0.496. The average Bonchev–Trinajstić information content (AvgIpc) is 2.88. The molecule has 3 aromatic rings. The second-order valence-electron chi connectivity index (χ2n) is 9.86. The molecule has 0 N–H and O–H groups in total. The van der Waals surface area contributed by atoms with E-state index in [0.29, 0.717) is 23.1 Å². The summed E-state index contributed by atoms with van der Waals surface area (Å²) in [6, 6.07) is 19.8. The molecular formula is C33H42F2. The number of rotatable bonds is 15. The minimum atomic E-state index is -0.730. The largest absolute Gasteiger partial charge is 0.203 e. The van der Waals surface area contributed by atoms with E-state index in [1.807, 2.05) is 24.3 Å². The predicted octanol–water partition coefficient (Wildman–Crippen LogP) is 10.7. The second kappa shape index (κ2) is 14.8. The number of hydrogen-bond acceptors (Lipinski definition) is 0. The third-order valence-electron chi connectivity index (χ3n) is 6.98. The van der Waals surface area contributed by atoms with Crippen molar-refractivity contribution in [1.82, 2.24) is 0 Å². The van der Waals surface area contributed by atoms with E-state index < -0.39 is 11.6 Å². The number of halogens is 2.